The predicted octanol–water partition coefficient (Wildman–Crippen LogP) is -0.560. The van der Waals surface area contributed by atoms with Crippen LogP contribution in [0.3, 0.4) is 0 Å². The summed E-state index contributed by atoms with van der Waals surface area (Å²) >= 11 is 0. The van der Waals surface area contributed by atoms with E-state index in [0.29, 0.717) is 45.4 Å². The molecule has 372 valence electrons. The van der Waals surface area contributed by atoms with Gasteiger partial charge in [0.1, 0.15) is 6.23 Å². The fourth-order valence-electron chi connectivity index (χ4n) is 5.83. The van der Waals surface area contributed by atoms with Gasteiger partial charge < -0.3 is 51.7 Å². The van der Waals surface area contributed by atoms with Crippen LogP contribution in [0.1, 0.15) is 26.2 Å². The number of carbonyl (C=O) groups is 9. The number of carbonyl (C=O) groups excluding carboxylic acids is 9. The lowest BCUT2D eigenvalue weighted by molar-refractivity contribution is -0.127. The van der Waals surface area contributed by atoms with E-state index < -0.39 is 52.5 Å². The molecule has 0 radical (unpaired) electrons. The Morgan fingerprint density at radius 3 is 1.29 bits per heavy atom. The summed E-state index contributed by atoms with van der Waals surface area (Å²) in [5, 5.41) is 29.8. The number of aliphatic hydroxyl groups is 1. The van der Waals surface area contributed by atoms with Crippen LogP contribution in [0.15, 0.2) is 118 Å². The molecular weight excluding hydrogens is 877 g/mol. The first-order valence-corrected chi connectivity index (χ1v) is 21.7. The number of nitrogens with zero attached hydrogens (tertiary/aromatic N) is 3. The SMILES string of the molecule is C=CC(=O)NCC(CC)(CNC(=O)C=C)CNC(=O)C=C=CC(O)NCC(CNC(=O)C=C)(CNC(=O)C=C)CNC(=O)/C=C/C=C/C(=O)N(CCCN(C)C(=O)C=C)CCCN(C)C(=O)C=C. The number of amides is 9. The maximum Gasteiger partial charge on any atom is 0.251 e. The van der Waals surface area contributed by atoms with Gasteiger partial charge >= 0.3 is 0 Å². The molecule has 68 heavy (non-hydrogen) atoms. The minimum Gasteiger partial charge on any atom is -0.374 e. The molecule has 0 aromatic carbocycles. The van der Waals surface area contributed by atoms with E-state index in [1.54, 1.807) is 19.0 Å². The van der Waals surface area contributed by atoms with E-state index in [4.69, 9.17) is 0 Å². The second-order valence-corrected chi connectivity index (χ2v) is 15.5. The topological polar surface area (TPSA) is 268 Å². The quantitative estimate of drug-likeness (QED) is 0.0173. The molecule has 9 amide bonds. The molecule has 0 saturated heterocycles. The average molecular weight is 947 g/mol. The van der Waals surface area contributed by atoms with Crippen LogP contribution >= 0.6 is 0 Å². The Kier molecular flexibility index (Phi) is 30.3. The van der Waals surface area contributed by atoms with E-state index in [2.05, 4.69) is 82.4 Å². The lowest BCUT2D eigenvalue weighted by atomic mass is 9.84. The number of hydrogen-bond acceptors (Lipinski definition) is 11. The van der Waals surface area contributed by atoms with Gasteiger partial charge in [-0.1, -0.05) is 58.5 Å². The van der Waals surface area contributed by atoms with Crippen molar-refractivity contribution in [2.45, 2.75) is 32.4 Å². The van der Waals surface area contributed by atoms with Crippen molar-refractivity contribution in [2.24, 2.45) is 10.8 Å². The molecule has 0 aromatic rings. The van der Waals surface area contributed by atoms with Crippen molar-refractivity contribution in [1.82, 2.24) is 51.9 Å². The Bertz CT molecular complexity index is 1870. The molecule has 0 bridgehead atoms. The molecule has 0 fully saturated rings. The van der Waals surface area contributed by atoms with Crippen molar-refractivity contribution >= 4 is 53.2 Å². The van der Waals surface area contributed by atoms with E-state index in [-0.39, 0.29) is 63.5 Å². The third kappa shape index (κ3) is 25.9. The van der Waals surface area contributed by atoms with Crippen LogP contribution < -0.4 is 37.2 Å². The van der Waals surface area contributed by atoms with Crippen LogP contribution in [0.2, 0.25) is 0 Å². The van der Waals surface area contributed by atoms with E-state index in [9.17, 15) is 48.3 Å². The molecule has 0 aliphatic rings. The first-order valence-electron chi connectivity index (χ1n) is 21.7. The Morgan fingerprint density at radius 1 is 0.515 bits per heavy atom. The predicted molar refractivity (Wildman–Crippen MR) is 260 cm³/mol. The van der Waals surface area contributed by atoms with Gasteiger partial charge in [-0.05, 0) is 55.7 Å². The second kappa shape index (κ2) is 34.0. The smallest absolute Gasteiger partial charge is 0.251 e. The Balaban J connectivity index is 6.10. The molecule has 0 heterocycles. The highest BCUT2D eigenvalue weighted by Gasteiger charge is 2.33. The normalized spacial score (nSPS) is 11.3. The molecule has 8 N–H and O–H groups in total. The Hall–Kier alpha value is -7.41. The average Bonchev–Trinajstić information content (AvgIpc) is 3.35. The van der Waals surface area contributed by atoms with E-state index >= 15 is 0 Å². The minimum atomic E-state index is -1.43. The summed E-state index contributed by atoms with van der Waals surface area (Å²) in [6.45, 7) is 23.6. The van der Waals surface area contributed by atoms with Crippen LogP contribution in [-0.2, 0) is 43.2 Å². The molecular formula is C48H70N10O10. The standard InChI is InChI=1S/C48H70N10O10/c1-10-37(59)49-30-47(16-7,31-50-38(60)11-2)32-53-42(64)23-19-24-43(65)55-36-48(33-51-39(61)12-3,34-52-40(62)13-4)35-54-41(63)22-17-18-25-46(68)58(28-20-26-56(8)44(66)14-5)29-21-27-57(9)45(67)15-6/h10-15,17-18,22-25,43,55,65H,1-6,16,20-21,26-36H2,7-9H3,(H,49,59)(H,50,60)(H,51,61)(H,52,62)(H,53,64)(H,54,63)/b22-17+,25-18+. The molecule has 0 rings (SSSR count). The van der Waals surface area contributed by atoms with E-state index in [0.717, 1.165) is 42.5 Å². The Morgan fingerprint density at radius 2 is 0.897 bits per heavy atom. The number of allylic oxidation sites excluding steroid dienone is 2. The summed E-state index contributed by atoms with van der Waals surface area (Å²) < 4.78 is 0. The summed E-state index contributed by atoms with van der Waals surface area (Å²) in [5.41, 5.74) is 0.627. The van der Waals surface area contributed by atoms with Gasteiger partial charge in [0.2, 0.25) is 47.3 Å². The second-order valence-electron chi connectivity index (χ2n) is 15.5. The highest BCUT2D eigenvalue weighted by molar-refractivity contribution is 5.91. The van der Waals surface area contributed by atoms with Gasteiger partial charge in [-0.3, -0.25) is 48.5 Å². The fourth-order valence-corrected chi connectivity index (χ4v) is 5.83. The monoisotopic (exact) mass is 947 g/mol. The van der Waals surface area contributed by atoms with Gasteiger partial charge in [0.15, 0.2) is 0 Å². The van der Waals surface area contributed by atoms with Gasteiger partial charge in [-0.15, -0.1) is 5.73 Å². The van der Waals surface area contributed by atoms with Crippen LogP contribution in [0.5, 0.6) is 0 Å². The Labute approximate surface area is 399 Å². The number of hydrogen-bond donors (Lipinski definition) is 8. The summed E-state index contributed by atoms with van der Waals surface area (Å²) in [5.74, 6) is -4.06. The lowest BCUT2D eigenvalue weighted by Crippen LogP contribution is -2.56. The highest BCUT2D eigenvalue weighted by Crippen LogP contribution is 2.19. The zero-order chi connectivity index (χ0) is 51.5. The van der Waals surface area contributed by atoms with Crippen LogP contribution in [0.25, 0.3) is 0 Å². The van der Waals surface area contributed by atoms with Crippen molar-refractivity contribution in [1.29, 1.82) is 0 Å². The molecule has 1 unspecified atom stereocenters. The maximum absolute atomic E-state index is 13.2. The van der Waals surface area contributed by atoms with Crippen LogP contribution in [0.4, 0.5) is 0 Å². The molecule has 0 saturated carbocycles. The van der Waals surface area contributed by atoms with Crippen molar-refractivity contribution in [2.75, 3.05) is 86.1 Å². The summed E-state index contributed by atoms with van der Waals surface area (Å²) in [7, 11) is 3.24. The first-order chi connectivity index (χ1) is 32.3. The van der Waals surface area contributed by atoms with Gasteiger partial charge in [-0.25, -0.2) is 0 Å². The summed E-state index contributed by atoms with van der Waals surface area (Å²) in [6.07, 6.45) is 14.0. The molecule has 20 nitrogen and oxygen atoms in total. The third-order valence-electron chi connectivity index (χ3n) is 10.3. The molecule has 0 aliphatic heterocycles. The number of aliphatic hydroxyl groups excluding tert-OH is 1. The first kappa shape index (κ1) is 60.6. The number of nitrogens with one attached hydrogen (secondary N) is 7. The van der Waals surface area contributed by atoms with E-state index in [1.165, 1.54) is 40.2 Å². The summed E-state index contributed by atoms with van der Waals surface area (Å²) in [4.78, 5) is 116. The third-order valence-corrected chi connectivity index (χ3v) is 10.3. The molecule has 0 spiro atoms. The maximum atomic E-state index is 13.2. The minimum absolute atomic E-state index is 0.0411. The zero-order valence-corrected chi connectivity index (χ0v) is 39.6. The van der Waals surface area contributed by atoms with Gasteiger partial charge in [0.25, 0.3) is 5.91 Å². The summed E-state index contributed by atoms with van der Waals surface area (Å²) in [6, 6.07) is 0. The largest absolute Gasteiger partial charge is 0.374 e. The molecule has 1 atom stereocenters. The number of rotatable bonds is 35. The highest BCUT2D eigenvalue weighted by atomic mass is 16.3. The zero-order valence-electron chi connectivity index (χ0n) is 39.6. The van der Waals surface area contributed by atoms with Crippen molar-refractivity contribution < 1.29 is 48.3 Å². The van der Waals surface area contributed by atoms with E-state index in [1.807, 2.05) is 6.92 Å². The molecule has 0 aliphatic carbocycles. The molecule has 20 heteroatoms. The van der Waals surface area contributed by atoms with Gasteiger partial charge in [0, 0.05) is 121 Å². The molecule has 0 aromatic heterocycles. The lowest BCUT2D eigenvalue weighted by Gasteiger charge is -2.35. The fraction of sp³-hybridized carbons (Fsp3) is 0.417. The van der Waals surface area contributed by atoms with Gasteiger partial charge in [0.05, 0.1) is 0 Å². The van der Waals surface area contributed by atoms with Crippen molar-refractivity contribution in [3.05, 3.63) is 118 Å². The number of likely N-dealkylation sites (N-methyl/N-ethyl adjacent to an activating group) is 2. The van der Waals surface area contributed by atoms with Crippen molar-refractivity contribution in [3.63, 3.8) is 0 Å². The van der Waals surface area contributed by atoms with Crippen LogP contribution in [-0.4, -0.2) is 165 Å². The van der Waals surface area contributed by atoms with Gasteiger partial charge in [-0.2, -0.15) is 0 Å². The van der Waals surface area contributed by atoms with Crippen LogP contribution in [0, 0.1) is 10.8 Å². The van der Waals surface area contributed by atoms with Crippen molar-refractivity contribution in [3.8, 4) is 0 Å².